The maximum absolute atomic E-state index is 13.2. The number of hydrogen-bond acceptors (Lipinski definition) is 4. The Labute approximate surface area is 114 Å². The van der Waals surface area contributed by atoms with Gasteiger partial charge >= 0.3 is 5.97 Å². The van der Waals surface area contributed by atoms with Crippen molar-refractivity contribution in [3.8, 4) is 11.5 Å². The summed E-state index contributed by atoms with van der Waals surface area (Å²) in [7, 11) is 1.46. The van der Waals surface area contributed by atoms with Crippen LogP contribution in [-0.4, -0.2) is 23.2 Å². The molecule has 1 aromatic heterocycles. The molecule has 0 saturated carbocycles. The fraction of sp³-hybridized carbons (Fsp3) is 0.143. The summed E-state index contributed by atoms with van der Waals surface area (Å²) in [5, 5.41) is 9.02. The van der Waals surface area contributed by atoms with Gasteiger partial charge in [0.25, 0.3) is 0 Å². The third kappa shape index (κ3) is 3.03. The fourth-order valence-electron chi connectivity index (χ4n) is 1.69. The molecule has 0 atom stereocenters. The van der Waals surface area contributed by atoms with Gasteiger partial charge in [0.15, 0.2) is 5.75 Å². The van der Waals surface area contributed by atoms with Gasteiger partial charge in [-0.2, -0.15) is 0 Å². The number of aromatic carboxylic acids is 1. The van der Waals surface area contributed by atoms with Crippen LogP contribution >= 0.6 is 0 Å². The number of carboxylic acids is 1. The summed E-state index contributed by atoms with van der Waals surface area (Å²) in [5.41, 5.74) is 0.475. The van der Waals surface area contributed by atoms with Crippen LogP contribution in [0, 0.1) is 5.82 Å². The summed E-state index contributed by atoms with van der Waals surface area (Å²) >= 11 is 0. The molecule has 0 aliphatic heterocycles. The van der Waals surface area contributed by atoms with E-state index in [0.717, 1.165) is 0 Å². The number of ether oxygens (including phenoxy) is 2. The molecule has 0 unspecified atom stereocenters. The summed E-state index contributed by atoms with van der Waals surface area (Å²) in [4.78, 5) is 14.8. The Kier molecular flexibility index (Phi) is 4.14. The number of aromatic nitrogens is 1. The van der Waals surface area contributed by atoms with E-state index < -0.39 is 11.8 Å². The van der Waals surface area contributed by atoms with E-state index in [4.69, 9.17) is 14.6 Å². The first-order chi connectivity index (χ1) is 9.61. The smallest absolute Gasteiger partial charge is 0.339 e. The van der Waals surface area contributed by atoms with Crippen molar-refractivity contribution < 1.29 is 23.8 Å². The normalized spacial score (nSPS) is 10.1. The van der Waals surface area contributed by atoms with Crippen molar-refractivity contribution in [2.45, 2.75) is 6.61 Å². The van der Waals surface area contributed by atoms with Gasteiger partial charge in [0, 0.05) is 11.8 Å². The molecule has 0 radical (unpaired) electrons. The maximum atomic E-state index is 13.2. The standard InChI is InChI=1S/C14H12FNO4/c1-19-12-3-2-10(15)6-9(12)8-20-13-7-16-5-4-11(13)14(17)18/h2-7H,8H2,1H3,(H,17,18). The van der Waals surface area contributed by atoms with Crippen molar-refractivity contribution >= 4 is 5.97 Å². The number of pyridine rings is 1. The Hall–Kier alpha value is -2.63. The van der Waals surface area contributed by atoms with Crippen LogP contribution in [0.3, 0.4) is 0 Å². The van der Waals surface area contributed by atoms with E-state index in [1.54, 1.807) is 0 Å². The maximum Gasteiger partial charge on any atom is 0.339 e. The molecule has 2 aromatic rings. The lowest BCUT2D eigenvalue weighted by atomic mass is 10.2. The molecule has 1 N–H and O–H groups in total. The third-order valence-corrected chi connectivity index (χ3v) is 2.64. The Morgan fingerprint density at radius 1 is 1.35 bits per heavy atom. The van der Waals surface area contributed by atoms with Gasteiger partial charge < -0.3 is 14.6 Å². The zero-order valence-electron chi connectivity index (χ0n) is 10.7. The molecule has 2 rings (SSSR count). The number of halogens is 1. The number of nitrogens with zero attached hydrogens (tertiary/aromatic N) is 1. The molecule has 1 heterocycles. The summed E-state index contributed by atoms with van der Waals surface area (Å²) in [5.74, 6) is -0.957. The minimum atomic E-state index is -1.12. The van der Waals surface area contributed by atoms with Crippen LogP contribution < -0.4 is 9.47 Å². The van der Waals surface area contributed by atoms with Crippen LogP contribution in [0.2, 0.25) is 0 Å². The van der Waals surface area contributed by atoms with Crippen LogP contribution in [0.5, 0.6) is 11.5 Å². The van der Waals surface area contributed by atoms with E-state index in [-0.39, 0.29) is 17.9 Å². The predicted octanol–water partition coefficient (Wildman–Crippen LogP) is 2.51. The van der Waals surface area contributed by atoms with Gasteiger partial charge in [-0.25, -0.2) is 9.18 Å². The van der Waals surface area contributed by atoms with E-state index in [0.29, 0.717) is 11.3 Å². The molecule has 0 aliphatic carbocycles. The number of carbonyl (C=O) groups is 1. The van der Waals surface area contributed by atoms with Crippen molar-refractivity contribution in [3.05, 3.63) is 53.6 Å². The largest absolute Gasteiger partial charge is 0.496 e. The molecule has 6 heteroatoms. The zero-order valence-corrected chi connectivity index (χ0v) is 10.7. The van der Waals surface area contributed by atoms with Crippen LogP contribution in [0.1, 0.15) is 15.9 Å². The number of carboxylic acid groups (broad SMARTS) is 1. The zero-order chi connectivity index (χ0) is 14.5. The van der Waals surface area contributed by atoms with Gasteiger partial charge in [0.2, 0.25) is 0 Å². The molecular formula is C14H12FNO4. The minimum absolute atomic E-state index is 0.00429. The molecule has 20 heavy (non-hydrogen) atoms. The van der Waals surface area contributed by atoms with E-state index >= 15 is 0 Å². The number of rotatable bonds is 5. The minimum Gasteiger partial charge on any atom is -0.496 e. The van der Waals surface area contributed by atoms with Crippen LogP contribution in [-0.2, 0) is 6.61 Å². The molecule has 0 amide bonds. The Morgan fingerprint density at radius 2 is 2.15 bits per heavy atom. The van der Waals surface area contributed by atoms with Crippen LogP contribution in [0.25, 0.3) is 0 Å². The second kappa shape index (κ2) is 6.01. The molecule has 0 aliphatic rings. The lowest BCUT2D eigenvalue weighted by Crippen LogP contribution is -2.05. The van der Waals surface area contributed by atoms with Gasteiger partial charge in [0.1, 0.15) is 23.7 Å². The lowest BCUT2D eigenvalue weighted by molar-refractivity contribution is 0.0691. The first-order valence-electron chi connectivity index (χ1n) is 5.74. The molecule has 0 spiro atoms. The van der Waals surface area contributed by atoms with Crippen molar-refractivity contribution in [1.29, 1.82) is 0 Å². The van der Waals surface area contributed by atoms with Gasteiger partial charge in [-0.1, -0.05) is 0 Å². The summed E-state index contributed by atoms with van der Waals surface area (Å²) < 4.78 is 23.7. The van der Waals surface area contributed by atoms with Gasteiger partial charge in [0.05, 0.1) is 13.3 Å². The highest BCUT2D eigenvalue weighted by Gasteiger charge is 2.12. The average Bonchev–Trinajstić information content (AvgIpc) is 2.45. The topological polar surface area (TPSA) is 68.7 Å². The molecule has 104 valence electrons. The SMILES string of the molecule is COc1ccc(F)cc1COc1cnccc1C(=O)O. The highest BCUT2D eigenvalue weighted by Crippen LogP contribution is 2.23. The summed E-state index contributed by atoms with van der Waals surface area (Å²) in [6, 6.07) is 5.36. The molecule has 0 saturated heterocycles. The monoisotopic (exact) mass is 277 g/mol. The van der Waals surface area contributed by atoms with Crippen molar-refractivity contribution in [2.24, 2.45) is 0 Å². The molecule has 0 fully saturated rings. The van der Waals surface area contributed by atoms with E-state index in [1.807, 2.05) is 0 Å². The Balaban J connectivity index is 2.21. The van der Waals surface area contributed by atoms with Gasteiger partial charge in [-0.3, -0.25) is 4.98 Å². The summed E-state index contributed by atoms with van der Waals surface area (Å²) in [6.07, 6.45) is 2.66. The number of methoxy groups -OCH3 is 1. The highest BCUT2D eigenvalue weighted by atomic mass is 19.1. The van der Waals surface area contributed by atoms with Crippen molar-refractivity contribution in [3.63, 3.8) is 0 Å². The third-order valence-electron chi connectivity index (χ3n) is 2.64. The average molecular weight is 277 g/mol. The number of benzene rings is 1. The first kappa shape index (κ1) is 13.8. The van der Waals surface area contributed by atoms with E-state index in [2.05, 4.69) is 4.98 Å². The molecule has 0 bridgehead atoms. The Morgan fingerprint density at radius 3 is 2.85 bits per heavy atom. The second-order valence-electron chi connectivity index (χ2n) is 3.92. The van der Waals surface area contributed by atoms with Crippen molar-refractivity contribution in [2.75, 3.05) is 7.11 Å². The second-order valence-corrected chi connectivity index (χ2v) is 3.92. The van der Waals surface area contributed by atoms with Crippen LogP contribution in [0.4, 0.5) is 4.39 Å². The quantitative estimate of drug-likeness (QED) is 0.909. The van der Waals surface area contributed by atoms with Gasteiger partial charge in [-0.15, -0.1) is 0 Å². The van der Waals surface area contributed by atoms with Crippen molar-refractivity contribution in [1.82, 2.24) is 4.98 Å². The number of hydrogen-bond donors (Lipinski definition) is 1. The lowest BCUT2D eigenvalue weighted by Gasteiger charge is -2.11. The fourth-order valence-corrected chi connectivity index (χ4v) is 1.69. The molecule has 5 nitrogen and oxygen atoms in total. The van der Waals surface area contributed by atoms with Gasteiger partial charge in [-0.05, 0) is 24.3 Å². The van der Waals surface area contributed by atoms with E-state index in [9.17, 15) is 9.18 Å². The summed E-state index contributed by atoms with van der Waals surface area (Å²) in [6.45, 7) is -0.0209. The highest BCUT2D eigenvalue weighted by molar-refractivity contribution is 5.90. The molecule has 1 aromatic carbocycles. The first-order valence-corrected chi connectivity index (χ1v) is 5.74. The molecular weight excluding hydrogens is 265 g/mol. The Bertz CT molecular complexity index is 630. The van der Waals surface area contributed by atoms with Crippen LogP contribution in [0.15, 0.2) is 36.7 Å². The van der Waals surface area contributed by atoms with E-state index in [1.165, 1.54) is 43.8 Å². The predicted molar refractivity (Wildman–Crippen MR) is 68.5 cm³/mol.